The van der Waals surface area contributed by atoms with Crippen LogP contribution < -0.4 is 5.32 Å². The molecular formula is C19H20N4O3S3. The first-order valence-corrected chi connectivity index (χ1v) is 12.5. The third-order valence-electron chi connectivity index (χ3n) is 4.70. The minimum atomic E-state index is -3.65. The molecule has 0 saturated carbocycles. The summed E-state index contributed by atoms with van der Waals surface area (Å²) in [6.45, 7) is 1.27. The number of carbonyl (C=O) groups is 1. The number of carbonyl (C=O) groups excluding carboxylic acids is 1. The highest BCUT2D eigenvalue weighted by Gasteiger charge is 2.30. The van der Waals surface area contributed by atoms with Crippen molar-refractivity contribution in [2.75, 3.05) is 13.1 Å². The van der Waals surface area contributed by atoms with E-state index in [-0.39, 0.29) is 16.3 Å². The van der Waals surface area contributed by atoms with Crippen molar-refractivity contribution >= 4 is 38.6 Å². The van der Waals surface area contributed by atoms with E-state index in [4.69, 9.17) is 0 Å². The summed E-state index contributed by atoms with van der Waals surface area (Å²) in [6.07, 6.45) is 6.16. The van der Waals surface area contributed by atoms with Gasteiger partial charge in [-0.3, -0.25) is 9.78 Å². The van der Waals surface area contributed by atoms with E-state index >= 15 is 0 Å². The Kier molecular flexibility index (Phi) is 6.04. The van der Waals surface area contributed by atoms with Gasteiger partial charge in [-0.1, -0.05) is 6.42 Å². The molecule has 0 aliphatic carbocycles. The molecule has 152 valence electrons. The number of nitrogens with one attached hydrogen (secondary N) is 1. The van der Waals surface area contributed by atoms with Gasteiger partial charge in [0.15, 0.2) is 0 Å². The number of piperidine rings is 1. The third kappa shape index (κ3) is 4.40. The van der Waals surface area contributed by atoms with Gasteiger partial charge in [-0.25, -0.2) is 13.4 Å². The topological polar surface area (TPSA) is 92.3 Å². The van der Waals surface area contributed by atoms with Crippen LogP contribution in [0.3, 0.4) is 0 Å². The molecule has 3 aromatic heterocycles. The van der Waals surface area contributed by atoms with E-state index in [1.54, 1.807) is 17.8 Å². The van der Waals surface area contributed by atoms with Gasteiger partial charge in [0, 0.05) is 36.4 Å². The van der Waals surface area contributed by atoms with E-state index < -0.39 is 15.9 Å². The number of hydrogen-bond donors (Lipinski definition) is 1. The lowest BCUT2D eigenvalue weighted by atomic mass is 10.2. The van der Waals surface area contributed by atoms with Crippen LogP contribution in [0.5, 0.6) is 0 Å². The van der Waals surface area contributed by atoms with Gasteiger partial charge in [-0.15, -0.1) is 22.7 Å². The smallest absolute Gasteiger partial charge is 0.263 e. The first-order valence-electron chi connectivity index (χ1n) is 9.26. The molecule has 1 saturated heterocycles. The molecule has 4 rings (SSSR count). The van der Waals surface area contributed by atoms with Crippen molar-refractivity contribution < 1.29 is 13.2 Å². The molecule has 1 fully saturated rings. The molecule has 0 radical (unpaired) electrons. The zero-order valence-corrected chi connectivity index (χ0v) is 18.0. The maximum atomic E-state index is 12.9. The molecule has 4 heterocycles. The van der Waals surface area contributed by atoms with Crippen LogP contribution in [0.1, 0.15) is 33.9 Å². The predicted molar refractivity (Wildman–Crippen MR) is 113 cm³/mol. The van der Waals surface area contributed by atoms with E-state index in [2.05, 4.69) is 15.3 Å². The molecule has 0 spiro atoms. The Morgan fingerprint density at radius 1 is 1.10 bits per heavy atom. The van der Waals surface area contributed by atoms with E-state index in [0.29, 0.717) is 13.1 Å². The lowest BCUT2D eigenvalue weighted by molar-refractivity contribution is 0.0951. The van der Waals surface area contributed by atoms with Gasteiger partial charge in [-0.05, 0) is 36.4 Å². The van der Waals surface area contributed by atoms with Crippen molar-refractivity contribution in [3.05, 3.63) is 51.2 Å². The molecule has 0 unspecified atom stereocenters. The summed E-state index contributed by atoms with van der Waals surface area (Å²) in [6, 6.07) is 5.27. The Hall–Kier alpha value is -2.14. The van der Waals surface area contributed by atoms with Crippen LogP contribution in [-0.2, 0) is 16.6 Å². The Morgan fingerprint density at radius 2 is 1.86 bits per heavy atom. The number of sulfonamides is 1. The second-order valence-corrected chi connectivity index (χ2v) is 10.4. The summed E-state index contributed by atoms with van der Waals surface area (Å²) < 4.78 is 27.4. The van der Waals surface area contributed by atoms with Gasteiger partial charge < -0.3 is 5.32 Å². The van der Waals surface area contributed by atoms with Crippen molar-refractivity contribution in [1.29, 1.82) is 0 Å². The largest absolute Gasteiger partial charge is 0.345 e. The summed E-state index contributed by atoms with van der Waals surface area (Å²) >= 11 is 2.59. The summed E-state index contributed by atoms with van der Waals surface area (Å²) in [5, 5.41) is 7.13. The monoisotopic (exact) mass is 448 g/mol. The van der Waals surface area contributed by atoms with Crippen LogP contribution in [-0.4, -0.2) is 41.7 Å². The van der Waals surface area contributed by atoms with Gasteiger partial charge in [-0.2, -0.15) is 4.31 Å². The maximum Gasteiger partial charge on any atom is 0.263 e. The number of thiophene rings is 1. The zero-order chi connectivity index (χ0) is 20.3. The SMILES string of the molecule is O=C(NCc1nc(-c2ccncc2)cs1)c1sccc1S(=O)(=O)N1CCCCC1. The molecule has 1 aliphatic heterocycles. The van der Waals surface area contributed by atoms with Crippen LogP contribution in [0.25, 0.3) is 11.3 Å². The van der Waals surface area contributed by atoms with E-state index in [1.807, 2.05) is 17.5 Å². The van der Waals surface area contributed by atoms with Crippen molar-refractivity contribution in [2.45, 2.75) is 30.7 Å². The molecule has 1 aliphatic rings. The fourth-order valence-corrected chi connectivity index (χ4v) is 6.77. The normalized spacial score (nSPS) is 15.3. The highest BCUT2D eigenvalue weighted by atomic mass is 32.2. The number of amides is 1. The molecule has 0 aromatic carbocycles. The Balaban J connectivity index is 1.45. The van der Waals surface area contributed by atoms with Gasteiger partial charge in [0.2, 0.25) is 10.0 Å². The predicted octanol–water partition coefficient (Wildman–Crippen LogP) is 3.37. The highest BCUT2D eigenvalue weighted by molar-refractivity contribution is 7.89. The molecule has 10 heteroatoms. The Labute approximate surface area is 177 Å². The minimum absolute atomic E-state index is 0.0958. The lowest BCUT2D eigenvalue weighted by Crippen LogP contribution is -2.36. The lowest BCUT2D eigenvalue weighted by Gasteiger charge is -2.25. The fourth-order valence-electron chi connectivity index (χ4n) is 3.19. The molecule has 29 heavy (non-hydrogen) atoms. The Bertz CT molecular complexity index is 1090. The fraction of sp³-hybridized carbons (Fsp3) is 0.316. The van der Waals surface area contributed by atoms with Crippen LogP contribution >= 0.6 is 22.7 Å². The number of aromatic nitrogens is 2. The summed E-state index contributed by atoms with van der Waals surface area (Å²) in [5.74, 6) is -0.392. The average molecular weight is 449 g/mol. The van der Waals surface area contributed by atoms with Crippen LogP contribution in [0.15, 0.2) is 46.2 Å². The minimum Gasteiger partial charge on any atom is -0.345 e. The van der Waals surface area contributed by atoms with Gasteiger partial charge in [0.25, 0.3) is 5.91 Å². The molecule has 1 N–H and O–H groups in total. The quantitative estimate of drug-likeness (QED) is 0.624. The molecular weight excluding hydrogens is 428 g/mol. The van der Waals surface area contributed by atoms with E-state index in [1.165, 1.54) is 21.7 Å². The van der Waals surface area contributed by atoms with Crippen molar-refractivity contribution in [3.8, 4) is 11.3 Å². The molecule has 1 amide bonds. The van der Waals surface area contributed by atoms with Crippen molar-refractivity contribution in [1.82, 2.24) is 19.6 Å². The third-order valence-corrected chi connectivity index (χ3v) is 8.53. The van der Waals surface area contributed by atoms with E-state index in [0.717, 1.165) is 46.9 Å². The van der Waals surface area contributed by atoms with Gasteiger partial charge in [0.1, 0.15) is 14.8 Å². The van der Waals surface area contributed by atoms with Crippen molar-refractivity contribution in [2.24, 2.45) is 0 Å². The number of rotatable bonds is 6. The van der Waals surface area contributed by atoms with E-state index in [9.17, 15) is 13.2 Å². The standard InChI is InChI=1S/C19H20N4O3S3/c24-19(21-12-17-22-15(13-28-17)14-4-7-20-8-5-14)18-16(6-11-27-18)29(25,26)23-9-2-1-3-10-23/h4-8,11,13H,1-3,9-10,12H2,(H,21,24). The number of thiazole rings is 1. The highest BCUT2D eigenvalue weighted by Crippen LogP contribution is 2.27. The van der Waals surface area contributed by atoms with Crippen LogP contribution in [0, 0.1) is 0 Å². The molecule has 0 atom stereocenters. The maximum absolute atomic E-state index is 12.9. The van der Waals surface area contributed by atoms with Crippen LogP contribution in [0.4, 0.5) is 0 Å². The molecule has 7 nitrogen and oxygen atoms in total. The molecule has 3 aromatic rings. The Morgan fingerprint density at radius 3 is 2.62 bits per heavy atom. The summed E-state index contributed by atoms with van der Waals surface area (Å²) in [4.78, 5) is 21.5. The first kappa shape index (κ1) is 20.1. The van der Waals surface area contributed by atoms with Gasteiger partial charge in [0.05, 0.1) is 12.2 Å². The first-order chi connectivity index (χ1) is 14.1. The second-order valence-electron chi connectivity index (χ2n) is 6.62. The van der Waals surface area contributed by atoms with Crippen LogP contribution in [0.2, 0.25) is 0 Å². The van der Waals surface area contributed by atoms with Gasteiger partial charge >= 0.3 is 0 Å². The number of hydrogen-bond acceptors (Lipinski definition) is 7. The van der Waals surface area contributed by atoms with Crippen molar-refractivity contribution in [3.63, 3.8) is 0 Å². The number of pyridine rings is 1. The number of nitrogens with zero attached hydrogens (tertiary/aromatic N) is 3. The molecule has 0 bridgehead atoms. The zero-order valence-electron chi connectivity index (χ0n) is 15.6. The average Bonchev–Trinajstić information content (AvgIpc) is 3.43. The second kappa shape index (κ2) is 8.70. The summed E-state index contributed by atoms with van der Waals surface area (Å²) in [5.41, 5.74) is 1.79. The summed E-state index contributed by atoms with van der Waals surface area (Å²) in [7, 11) is -3.65.